The molecule has 1 heterocycles. The third kappa shape index (κ3) is 4.67. The molecule has 1 N–H and O–H groups in total. The maximum absolute atomic E-state index is 5.12. The highest BCUT2D eigenvalue weighted by Gasteiger charge is 1.94. The van der Waals surface area contributed by atoms with Crippen molar-refractivity contribution in [1.82, 2.24) is 9.97 Å². The van der Waals surface area contributed by atoms with Crippen molar-refractivity contribution in [1.29, 1.82) is 0 Å². The summed E-state index contributed by atoms with van der Waals surface area (Å²) < 4.78 is 1.04. The molecular formula is C9H10IN3S. The van der Waals surface area contributed by atoms with Gasteiger partial charge in [0, 0.05) is 28.3 Å². The lowest BCUT2D eigenvalue weighted by Gasteiger charge is -2.02. The van der Waals surface area contributed by atoms with Crippen molar-refractivity contribution >= 4 is 40.3 Å². The molecule has 0 spiro atoms. The van der Waals surface area contributed by atoms with Crippen molar-refractivity contribution in [2.45, 2.75) is 0 Å². The Labute approximate surface area is 102 Å². The van der Waals surface area contributed by atoms with Gasteiger partial charge < -0.3 is 5.32 Å². The molecule has 0 bridgehead atoms. The van der Waals surface area contributed by atoms with E-state index in [1.165, 1.54) is 0 Å². The third-order valence-corrected chi connectivity index (χ3v) is 2.76. The van der Waals surface area contributed by atoms with E-state index in [0.717, 1.165) is 21.6 Å². The molecule has 0 atom stereocenters. The average Bonchev–Trinajstić information content (AvgIpc) is 2.21. The quantitative estimate of drug-likeness (QED) is 0.511. The van der Waals surface area contributed by atoms with E-state index in [1.807, 2.05) is 0 Å². The summed E-state index contributed by atoms with van der Waals surface area (Å²) in [5.74, 6) is 4.98. The molecule has 0 aliphatic rings. The number of aromatic nitrogens is 2. The van der Waals surface area contributed by atoms with Crippen molar-refractivity contribution < 1.29 is 0 Å². The Kier molecular flexibility index (Phi) is 5.71. The molecule has 0 unspecified atom stereocenters. The predicted octanol–water partition coefficient (Wildman–Crippen LogP) is 1.86. The minimum atomic E-state index is 0.673. The van der Waals surface area contributed by atoms with Gasteiger partial charge in [0.15, 0.2) is 0 Å². The Morgan fingerprint density at radius 2 is 2.21 bits per heavy atom. The highest BCUT2D eigenvalue weighted by molar-refractivity contribution is 14.1. The molecule has 0 saturated carbocycles. The number of thioether (sulfide) groups is 1. The second-order valence-electron chi connectivity index (χ2n) is 2.41. The molecule has 14 heavy (non-hydrogen) atoms. The number of anilines is 1. The fraction of sp³-hybridized carbons (Fsp3) is 0.333. The summed E-state index contributed by atoms with van der Waals surface area (Å²) in [5, 5.41) is 3.12. The molecule has 0 fully saturated rings. The molecule has 3 nitrogen and oxygen atoms in total. The van der Waals surface area contributed by atoms with Crippen molar-refractivity contribution in [2.24, 2.45) is 0 Å². The first-order valence-corrected chi connectivity index (χ1v) is 6.29. The van der Waals surface area contributed by atoms with Crippen LogP contribution >= 0.6 is 34.4 Å². The summed E-state index contributed by atoms with van der Waals surface area (Å²) in [6.07, 6.45) is 8.69. The van der Waals surface area contributed by atoms with Gasteiger partial charge in [-0.05, 0) is 22.6 Å². The van der Waals surface area contributed by atoms with Gasteiger partial charge in [0.05, 0.1) is 5.75 Å². The zero-order chi connectivity index (χ0) is 10.2. The van der Waals surface area contributed by atoms with Crippen LogP contribution in [0.25, 0.3) is 0 Å². The summed E-state index contributed by atoms with van der Waals surface area (Å²) in [4.78, 5) is 8.23. The van der Waals surface area contributed by atoms with Crippen molar-refractivity contribution in [2.75, 3.05) is 23.4 Å². The van der Waals surface area contributed by atoms with Crippen molar-refractivity contribution in [3.63, 3.8) is 0 Å². The molecule has 1 aromatic heterocycles. The first-order valence-electron chi connectivity index (χ1n) is 4.05. The minimum Gasteiger partial charge on any atom is -0.353 e. The van der Waals surface area contributed by atoms with Crippen molar-refractivity contribution in [3.8, 4) is 12.3 Å². The molecule has 0 aromatic carbocycles. The Bertz CT molecular complexity index is 307. The summed E-state index contributed by atoms with van der Waals surface area (Å²) in [7, 11) is 0. The third-order valence-electron chi connectivity index (χ3n) is 1.34. The van der Waals surface area contributed by atoms with E-state index in [2.05, 4.69) is 43.8 Å². The maximum Gasteiger partial charge on any atom is 0.222 e. The van der Waals surface area contributed by atoms with Gasteiger partial charge in [0.1, 0.15) is 0 Å². The fourth-order valence-electron chi connectivity index (χ4n) is 0.770. The fourth-order valence-corrected chi connectivity index (χ4v) is 1.56. The van der Waals surface area contributed by atoms with Crippen LogP contribution in [0.1, 0.15) is 0 Å². The molecule has 0 aliphatic carbocycles. The highest BCUT2D eigenvalue weighted by Crippen LogP contribution is 2.03. The van der Waals surface area contributed by atoms with Gasteiger partial charge in [0.25, 0.3) is 0 Å². The van der Waals surface area contributed by atoms with Crippen molar-refractivity contribution in [3.05, 3.63) is 16.0 Å². The zero-order valence-electron chi connectivity index (χ0n) is 7.53. The standard InChI is InChI=1S/C9H10IN3S/c1-2-4-14-5-3-11-9-12-6-8(10)7-13-9/h1,6-7H,3-5H2,(H,11,12,13). The lowest BCUT2D eigenvalue weighted by Crippen LogP contribution is -2.07. The van der Waals surface area contributed by atoms with Crippen LogP contribution in [0.2, 0.25) is 0 Å². The monoisotopic (exact) mass is 319 g/mol. The number of hydrogen-bond donors (Lipinski definition) is 1. The average molecular weight is 319 g/mol. The van der Waals surface area contributed by atoms with Crippen LogP contribution < -0.4 is 5.32 Å². The van der Waals surface area contributed by atoms with Crippen LogP contribution in [0, 0.1) is 15.9 Å². The second-order valence-corrected chi connectivity index (χ2v) is 4.76. The van der Waals surface area contributed by atoms with E-state index in [4.69, 9.17) is 6.42 Å². The lowest BCUT2D eigenvalue weighted by atomic mass is 10.6. The summed E-state index contributed by atoms with van der Waals surface area (Å²) >= 11 is 3.89. The Balaban J connectivity index is 2.19. The second kappa shape index (κ2) is 6.90. The van der Waals surface area contributed by atoms with E-state index >= 15 is 0 Å². The van der Waals surface area contributed by atoms with Crippen LogP contribution in [0.4, 0.5) is 5.95 Å². The maximum atomic E-state index is 5.12. The summed E-state index contributed by atoms with van der Waals surface area (Å²) in [6.45, 7) is 0.840. The number of rotatable bonds is 5. The first-order chi connectivity index (χ1) is 6.83. The number of nitrogens with zero attached hydrogens (tertiary/aromatic N) is 2. The molecule has 0 aliphatic heterocycles. The minimum absolute atomic E-state index is 0.673. The van der Waals surface area contributed by atoms with E-state index in [9.17, 15) is 0 Å². The number of halogens is 1. The van der Waals surface area contributed by atoms with Gasteiger partial charge >= 0.3 is 0 Å². The highest BCUT2D eigenvalue weighted by atomic mass is 127. The first kappa shape index (κ1) is 11.6. The van der Waals surface area contributed by atoms with Crippen LogP contribution in [0.3, 0.4) is 0 Å². The van der Waals surface area contributed by atoms with E-state index in [-0.39, 0.29) is 0 Å². The molecule has 0 amide bonds. The number of terminal acetylenes is 1. The number of nitrogens with one attached hydrogen (secondary N) is 1. The molecule has 5 heteroatoms. The normalized spacial score (nSPS) is 9.43. The van der Waals surface area contributed by atoms with E-state index in [1.54, 1.807) is 24.2 Å². The largest absolute Gasteiger partial charge is 0.353 e. The molecule has 0 saturated heterocycles. The topological polar surface area (TPSA) is 37.8 Å². The predicted molar refractivity (Wildman–Crippen MR) is 69.4 cm³/mol. The Morgan fingerprint density at radius 1 is 1.50 bits per heavy atom. The Hall–Kier alpha value is -0.480. The van der Waals surface area contributed by atoms with E-state index < -0.39 is 0 Å². The van der Waals surface area contributed by atoms with Crippen LogP contribution in [0.5, 0.6) is 0 Å². The zero-order valence-corrected chi connectivity index (χ0v) is 10.5. The van der Waals surface area contributed by atoms with Gasteiger partial charge in [-0.2, -0.15) is 0 Å². The SMILES string of the molecule is C#CCSCCNc1ncc(I)cn1. The van der Waals surface area contributed by atoms with Gasteiger partial charge in [-0.15, -0.1) is 18.2 Å². The molecule has 0 radical (unpaired) electrons. The van der Waals surface area contributed by atoms with E-state index in [0.29, 0.717) is 5.95 Å². The van der Waals surface area contributed by atoms with Crippen LogP contribution in [0.15, 0.2) is 12.4 Å². The lowest BCUT2D eigenvalue weighted by molar-refractivity contribution is 1.08. The molecule has 74 valence electrons. The Morgan fingerprint density at radius 3 is 2.86 bits per heavy atom. The summed E-state index contributed by atoms with van der Waals surface area (Å²) in [5.41, 5.74) is 0. The molecule has 1 rings (SSSR count). The van der Waals surface area contributed by atoms with Crippen LogP contribution in [-0.2, 0) is 0 Å². The van der Waals surface area contributed by atoms with Gasteiger partial charge in [-0.1, -0.05) is 5.92 Å². The van der Waals surface area contributed by atoms with Gasteiger partial charge in [0.2, 0.25) is 5.95 Å². The van der Waals surface area contributed by atoms with Gasteiger partial charge in [-0.3, -0.25) is 0 Å². The number of hydrogen-bond acceptors (Lipinski definition) is 4. The smallest absolute Gasteiger partial charge is 0.222 e. The van der Waals surface area contributed by atoms with Crippen LogP contribution in [-0.4, -0.2) is 28.0 Å². The molecular weight excluding hydrogens is 309 g/mol. The molecule has 1 aromatic rings. The summed E-state index contributed by atoms with van der Waals surface area (Å²) in [6, 6.07) is 0. The van der Waals surface area contributed by atoms with Gasteiger partial charge in [-0.25, -0.2) is 9.97 Å².